The summed E-state index contributed by atoms with van der Waals surface area (Å²) in [7, 11) is 0. The molecule has 1 aromatic heterocycles. The van der Waals surface area contributed by atoms with Crippen molar-refractivity contribution in [2.45, 2.75) is 0 Å². The Labute approximate surface area is 149 Å². The maximum atomic E-state index is 11.7. The number of benzene rings is 1. The van der Waals surface area contributed by atoms with E-state index >= 15 is 0 Å². The Bertz CT molecular complexity index is 683. The molecule has 0 aliphatic heterocycles. The Morgan fingerprint density at radius 2 is 2.00 bits per heavy atom. The van der Waals surface area contributed by atoms with Gasteiger partial charge in [-0.3, -0.25) is 9.78 Å². The zero-order valence-corrected chi connectivity index (χ0v) is 14.2. The van der Waals surface area contributed by atoms with E-state index in [4.69, 9.17) is 39.5 Å². The molecule has 0 saturated carbocycles. The molecule has 0 fully saturated rings. The predicted octanol–water partition coefficient (Wildman–Crippen LogP) is 4.25. The average Bonchev–Trinajstić information content (AvgIpc) is 2.52. The van der Waals surface area contributed by atoms with Crippen molar-refractivity contribution in [1.82, 2.24) is 10.3 Å². The summed E-state index contributed by atoms with van der Waals surface area (Å²) < 4.78 is 5.46. The zero-order valence-electron chi connectivity index (χ0n) is 11.9. The van der Waals surface area contributed by atoms with E-state index in [2.05, 4.69) is 10.3 Å². The molecule has 1 heterocycles. The van der Waals surface area contributed by atoms with E-state index < -0.39 is 0 Å². The highest BCUT2D eigenvalue weighted by Gasteiger charge is 2.09. The lowest BCUT2D eigenvalue weighted by Gasteiger charge is -2.10. The molecule has 7 heteroatoms. The number of hydrogen-bond acceptors (Lipinski definition) is 3. The van der Waals surface area contributed by atoms with Crippen molar-refractivity contribution >= 4 is 46.8 Å². The van der Waals surface area contributed by atoms with E-state index in [0.29, 0.717) is 27.4 Å². The van der Waals surface area contributed by atoms with Gasteiger partial charge in [-0.1, -0.05) is 40.9 Å². The molecule has 0 aliphatic rings. The topological polar surface area (TPSA) is 51.2 Å². The fourth-order valence-electron chi connectivity index (χ4n) is 1.70. The first-order chi connectivity index (χ1) is 11.1. The second-order valence-corrected chi connectivity index (χ2v) is 5.71. The molecule has 2 rings (SSSR count). The van der Waals surface area contributed by atoms with Crippen LogP contribution >= 0.6 is 34.8 Å². The van der Waals surface area contributed by atoms with Crippen LogP contribution < -0.4 is 10.1 Å². The average molecular weight is 372 g/mol. The van der Waals surface area contributed by atoms with Gasteiger partial charge in [0, 0.05) is 23.5 Å². The summed E-state index contributed by atoms with van der Waals surface area (Å²) in [5, 5.41) is 3.77. The number of halogens is 3. The van der Waals surface area contributed by atoms with Crippen LogP contribution in [0.4, 0.5) is 0 Å². The van der Waals surface area contributed by atoms with Gasteiger partial charge in [-0.25, -0.2) is 0 Å². The van der Waals surface area contributed by atoms with Crippen LogP contribution in [0.5, 0.6) is 5.75 Å². The number of nitrogens with zero attached hydrogens (tertiary/aromatic N) is 1. The molecule has 0 saturated heterocycles. The smallest absolute Gasteiger partial charge is 0.244 e. The molecule has 0 unspecified atom stereocenters. The summed E-state index contributed by atoms with van der Waals surface area (Å²) in [5.74, 6) is 0.114. The Morgan fingerprint density at radius 1 is 1.26 bits per heavy atom. The lowest BCUT2D eigenvalue weighted by molar-refractivity contribution is -0.116. The van der Waals surface area contributed by atoms with Crippen LogP contribution in [-0.4, -0.2) is 24.0 Å². The first-order valence-electron chi connectivity index (χ1n) is 6.69. The quantitative estimate of drug-likeness (QED) is 0.610. The highest BCUT2D eigenvalue weighted by atomic mass is 35.5. The number of nitrogens with one attached hydrogen (secondary N) is 1. The van der Waals surface area contributed by atoms with Gasteiger partial charge in [-0.2, -0.15) is 0 Å². The number of rotatable bonds is 6. The molecule has 4 nitrogen and oxygen atoms in total. The van der Waals surface area contributed by atoms with Gasteiger partial charge in [0.25, 0.3) is 0 Å². The van der Waals surface area contributed by atoms with E-state index in [1.807, 2.05) is 6.07 Å². The summed E-state index contributed by atoms with van der Waals surface area (Å²) in [6.07, 6.45) is 6.44. The number of carbonyl (C=O) groups is 1. The van der Waals surface area contributed by atoms with Crippen LogP contribution in [0.3, 0.4) is 0 Å². The van der Waals surface area contributed by atoms with Crippen LogP contribution in [0.25, 0.3) is 6.08 Å². The van der Waals surface area contributed by atoms with Crippen molar-refractivity contribution in [2.75, 3.05) is 13.2 Å². The van der Waals surface area contributed by atoms with Gasteiger partial charge in [0.05, 0.1) is 16.6 Å². The maximum absolute atomic E-state index is 11.7. The number of hydrogen-bond donors (Lipinski definition) is 1. The van der Waals surface area contributed by atoms with Crippen molar-refractivity contribution < 1.29 is 9.53 Å². The molecule has 0 atom stereocenters. The minimum atomic E-state index is -0.231. The van der Waals surface area contributed by atoms with Gasteiger partial charge >= 0.3 is 0 Å². The van der Waals surface area contributed by atoms with Crippen molar-refractivity contribution in [2.24, 2.45) is 0 Å². The molecule has 0 aliphatic carbocycles. The van der Waals surface area contributed by atoms with Crippen LogP contribution in [0.2, 0.25) is 15.1 Å². The fraction of sp³-hybridized carbons (Fsp3) is 0.125. The third-order valence-electron chi connectivity index (χ3n) is 2.72. The molecule has 1 amide bonds. The molecule has 0 bridgehead atoms. The first kappa shape index (κ1) is 17.6. The predicted molar refractivity (Wildman–Crippen MR) is 93.2 cm³/mol. The third kappa shape index (κ3) is 5.75. The Hall–Kier alpha value is -1.75. The van der Waals surface area contributed by atoms with Crippen LogP contribution in [0, 0.1) is 0 Å². The van der Waals surface area contributed by atoms with Gasteiger partial charge in [-0.05, 0) is 29.8 Å². The molecular formula is C16H13Cl3N2O2. The lowest BCUT2D eigenvalue weighted by Crippen LogP contribution is -2.26. The molecule has 2 aromatic rings. The van der Waals surface area contributed by atoms with E-state index in [-0.39, 0.29) is 12.5 Å². The van der Waals surface area contributed by atoms with Crippen LogP contribution in [0.15, 0.2) is 42.7 Å². The van der Waals surface area contributed by atoms with Gasteiger partial charge in [0.2, 0.25) is 5.91 Å². The number of pyridine rings is 1. The molecule has 0 radical (unpaired) electrons. The zero-order chi connectivity index (χ0) is 16.7. The number of carbonyl (C=O) groups excluding carboxylic acids is 1. The summed E-state index contributed by atoms with van der Waals surface area (Å²) in [4.78, 5) is 15.6. The first-order valence-corrected chi connectivity index (χ1v) is 7.83. The van der Waals surface area contributed by atoms with Crippen molar-refractivity contribution in [3.8, 4) is 5.75 Å². The Balaban J connectivity index is 1.77. The summed E-state index contributed by atoms with van der Waals surface area (Å²) in [5.41, 5.74) is 0.846. The number of ether oxygens (including phenoxy) is 1. The largest absolute Gasteiger partial charge is 0.489 e. The highest BCUT2D eigenvalue weighted by molar-refractivity contribution is 6.40. The molecular weight excluding hydrogens is 359 g/mol. The number of aromatic nitrogens is 1. The van der Waals surface area contributed by atoms with E-state index in [1.165, 1.54) is 6.08 Å². The summed E-state index contributed by atoms with van der Waals surface area (Å²) in [6, 6.07) is 6.73. The molecule has 120 valence electrons. The third-order valence-corrected chi connectivity index (χ3v) is 3.50. The normalized spacial score (nSPS) is 10.7. The van der Waals surface area contributed by atoms with Crippen LogP contribution in [-0.2, 0) is 4.79 Å². The molecule has 1 N–H and O–H groups in total. The van der Waals surface area contributed by atoms with E-state index in [1.54, 1.807) is 36.7 Å². The molecule has 23 heavy (non-hydrogen) atoms. The number of amides is 1. The van der Waals surface area contributed by atoms with Crippen molar-refractivity contribution in [3.63, 3.8) is 0 Å². The van der Waals surface area contributed by atoms with Crippen molar-refractivity contribution in [1.29, 1.82) is 0 Å². The highest BCUT2D eigenvalue weighted by Crippen LogP contribution is 2.35. The maximum Gasteiger partial charge on any atom is 0.244 e. The van der Waals surface area contributed by atoms with Gasteiger partial charge in [0.15, 0.2) is 5.75 Å². The fourth-order valence-corrected chi connectivity index (χ4v) is 2.63. The van der Waals surface area contributed by atoms with E-state index in [9.17, 15) is 4.79 Å². The minimum Gasteiger partial charge on any atom is -0.489 e. The van der Waals surface area contributed by atoms with Gasteiger partial charge in [0.1, 0.15) is 6.61 Å². The Kier molecular flexibility index (Phi) is 6.71. The van der Waals surface area contributed by atoms with Crippen molar-refractivity contribution in [3.05, 3.63) is 63.4 Å². The minimum absolute atomic E-state index is 0.230. The van der Waals surface area contributed by atoms with Gasteiger partial charge in [-0.15, -0.1) is 0 Å². The molecule has 1 aromatic carbocycles. The Morgan fingerprint density at radius 3 is 2.65 bits per heavy atom. The second-order valence-electron chi connectivity index (χ2n) is 4.46. The summed E-state index contributed by atoms with van der Waals surface area (Å²) in [6.45, 7) is 0.541. The standard InChI is InChI=1S/C16H13Cl3N2O2/c17-12-8-13(18)16(14(19)9-12)23-7-6-21-15(22)4-3-11-2-1-5-20-10-11/h1-5,8-10H,6-7H2,(H,21,22). The molecule has 0 spiro atoms. The summed E-state index contributed by atoms with van der Waals surface area (Å²) >= 11 is 17.8. The van der Waals surface area contributed by atoms with Crippen LogP contribution in [0.1, 0.15) is 5.56 Å². The van der Waals surface area contributed by atoms with E-state index in [0.717, 1.165) is 5.56 Å². The van der Waals surface area contributed by atoms with Gasteiger partial charge < -0.3 is 10.1 Å². The lowest BCUT2D eigenvalue weighted by atomic mass is 10.2. The second kappa shape index (κ2) is 8.77. The monoisotopic (exact) mass is 370 g/mol. The SMILES string of the molecule is O=C(C=Cc1cccnc1)NCCOc1c(Cl)cc(Cl)cc1Cl.